The number of anilines is 1. The van der Waals surface area contributed by atoms with Crippen molar-refractivity contribution >= 4 is 27.5 Å². The molecule has 0 spiro atoms. The van der Waals surface area contributed by atoms with Gasteiger partial charge in [-0.2, -0.15) is 0 Å². The molecule has 1 atom stereocenters. The number of amides is 1. The molecule has 110 valence electrons. The summed E-state index contributed by atoms with van der Waals surface area (Å²) < 4.78 is 0.939. The highest BCUT2D eigenvalue weighted by Crippen LogP contribution is 2.17. The second-order valence-electron chi connectivity index (χ2n) is 4.59. The first-order valence-corrected chi connectivity index (χ1v) is 7.43. The van der Waals surface area contributed by atoms with Crippen LogP contribution < -0.4 is 10.6 Å². The summed E-state index contributed by atoms with van der Waals surface area (Å²) >= 11 is 3.40. The highest BCUT2D eigenvalue weighted by atomic mass is 79.9. The van der Waals surface area contributed by atoms with Gasteiger partial charge in [0.15, 0.2) is 0 Å². The van der Waals surface area contributed by atoms with Crippen LogP contribution in [-0.2, 0) is 4.79 Å². The number of carbonyl (C=O) groups is 1. The molecule has 0 saturated carbocycles. The van der Waals surface area contributed by atoms with E-state index in [9.17, 15) is 9.90 Å². The first-order valence-electron chi connectivity index (χ1n) is 6.63. The molecule has 0 saturated heterocycles. The predicted octanol–water partition coefficient (Wildman–Crippen LogP) is 2.71. The zero-order valence-electron chi connectivity index (χ0n) is 11.4. The molecule has 0 aliphatic rings. The van der Waals surface area contributed by atoms with Gasteiger partial charge in [0.25, 0.3) is 0 Å². The molecule has 0 fully saturated rings. The third-order valence-corrected chi connectivity index (χ3v) is 3.49. The maximum atomic E-state index is 11.9. The molecule has 4 nitrogen and oxygen atoms in total. The highest BCUT2D eigenvalue weighted by molar-refractivity contribution is 9.10. The molecule has 1 amide bonds. The van der Waals surface area contributed by atoms with Crippen LogP contribution >= 0.6 is 15.9 Å². The number of carbonyl (C=O) groups excluding carboxylic acids is 1. The number of hydrogen-bond donors (Lipinski definition) is 3. The summed E-state index contributed by atoms with van der Waals surface area (Å²) in [7, 11) is 0. The molecule has 2 aromatic carbocycles. The Morgan fingerprint density at radius 2 is 1.90 bits per heavy atom. The second kappa shape index (κ2) is 7.93. The fourth-order valence-corrected chi connectivity index (χ4v) is 2.37. The standard InChI is InChI=1S/C16H17BrN2O2/c17-13-6-4-5-12(9-13)15(11-20)18-10-16(21)19-14-7-2-1-3-8-14/h1-9,15,18,20H,10-11H2,(H,19,21)/t15-/m1/s1. The van der Waals surface area contributed by atoms with E-state index in [4.69, 9.17) is 0 Å². The van der Waals surface area contributed by atoms with Crippen molar-refractivity contribution in [2.75, 3.05) is 18.5 Å². The lowest BCUT2D eigenvalue weighted by molar-refractivity contribution is -0.115. The van der Waals surface area contributed by atoms with Gasteiger partial charge in [0.05, 0.1) is 19.2 Å². The Morgan fingerprint density at radius 1 is 1.14 bits per heavy atom. The van der Waals surface area contributed by atoms with Crippen molar-refractivity contribution < 1.29 is 9.90 Å². The first-order chi connectivity index (χ1) is 10.2. The second-order valence-corrected chi connectivity index (χ2v) is 5.50. The molecule has 0 aliphatic heterocycles. The largest absolute Gasteiger partial charge is 0.394 e. The minimum absolute atomic E-state index is 0.0743. The number of aliphatic hydroxyl groups excluding tert-OH is 1. The molecule has 2 aromatic rings. The maximum Gasteiger partial charge on any atom is 0.238 e. The number of hydrogen-bond acceptors (Lipinski definition) is 3. The van der Waals surface area contributed by atoms with Gasteiger partial charge in [-0.25, -0.2) is 0 Å². The summed E-state index contributed by atoms with van der Waals surface area (Å²) in [6.07, 6.45) is 0. The van der Waals surface area contributed by atoms with Crippen LogP contribution in [0.4, 0.5) is 5.69 Å². The van der Waals surface area contributed by atoms with E-state index in [-0.39, 0.29) is 25.1 Å². The maximum absolute atomic E-state index is 11.9. The molecule has 0 aliphatic carbocycles. The minimum atomic E-state index is -0.274. The van der Waals surface area contributed by atoms with Crippen molar-refractivity contribution in [3.05, 3.63) is 64.6 Å². The Labute approximate surface area is 132 Å². The highest BCUT2D eigenvalue weighted by Gasteiger charge is 2.12. The van der Waals surface area contributed by atoms with Gasteiger partial charge in [-0.05, 0) is 29.8 Å². The zero-order chi connectivity index (χ0) is 15.1. The molecule has 0 heterocycles. The Morgan fingerprint density at radius 3 is 2.57 bits per heavy atom. The fourth-order valence-electron chi connectivity index (χ4n) is 1.95. The van der Waals surface area contributed by atoms with Crippen LogP contribution in [-0.4, -0.2) is 24.2 Å². The lowest BCUT2D eigenvalue weighted by atomic mass is 10.1. The van der Waals surface area contributed by atoms with Crippen molar-refractivity contribution in [2.45, 2.75) is 6.04 Å². The molecular formula is C16H17BrN2O2. The quantitative estimate of drug-likeness (QED) is 0.752. The van der Waals surface area contributed by atoms with Crippen molar-refractivity contribution in [2.24, 2.45) is 0 Å². The molecule has 5 heteroatoms. The summed E-state index contributed by atoms with van der Waals surface area (Å²) in [5, 5.41) is 15.3. The van der Waals surface area contributed by atoms with Gasteiger partial charge < -0.3 is 10.4 Å². The molecule has 0 radical (unpaired) electrons. The number of rotatable bonds is 6. The third-order valence-electron chi connectivity index (χ3n) is 3.00. The molecular weight excluding hydrogens is 332 g/mol. The molecule has 0 unspecified atom stereocenters. The van der Waals surface area contributed by atoms with E-state index >= 15 is 0 Å². The Kier molecular flexibility index (Phi) is 5.92. The monoisotopic (exact) mass is 348 g/mol. The smallest absolute Gasteiger partial charge is 0.238 e. The average molecular weight is 349 g/mol. The van der Waals surface area contributed by atoms with Gasteiger partial charge >= 0.3 is 0 Å². The Bertz CT molecular complexity index is 590. The van der Waals surface area contributed by atoms with Gasteiger partial charge in [-0.1, -0.05) is 46.3 Å². The predicted molar refractivity (Wildman–Crippen MR) is 87.0 cm³/mol. The summed E-state index contributed by atoms with van der Waals surface area (Å²) in [6.45, 7) is 0.0572. The van der Waals surface area contributed by atoms with Gasteiger partial charge in [-0.15, -0.1) is 0 Å². The van der Waals surface area contributed by atoms with Crippen molar-refractivity contribution in [3.8, 4) is 0 Å². The summed E-state index contributed by atoms with van der Waals surface area (Å²) in [6, 6.07) is 16.6. The van der Waals surface area contributed by atoms with E-state index in [1.807, 2.05) is 54.6 Å². The van der Waals surface area contributed by atoms with Gasteiger partial charge in [0, 0.05) is 10.2 Å². The Hall–Kier alpha value is -1.69. The third kappa shape index (κ3) is 4.97. The topological polar surface area (TPSA) is 61.4 Å². The van der Waals surface area contributed by atoms with Crippen LogP contribution in [0, 0.1) is 0 Å². The number of para-hydroxylation sites is 1. The molecule has 0 bridgehead atoms. The van der Waals surface area contributed by atoms with Crippen LogP contribution in [0.1, 0.15) is 11.6 Å². The van der Waals surface area contributed by atoms with E-state index < -0.39 is 0 Å². The average Bonchev–Trinajstić information content (AvgIpc) is 2.49. The lowest BCUT2D eigenvalue weighted by Gasteiger charge is -2.16. The van der Waals surface area contributed by atoms with E-state index in [0.717, 1.165) is 15.7 Å². The summed E-state index contributed by atoms with van der Waals surface area (Å²) in [5.74, 6) is -0.144. The van der Waals surface area contributed by atoms with Crippen LogP contribution in [0.25, 0.3) is 0 Å². The van der Waals surface area contributed by atoms with Gasteiger partial charge in [0.2, 0.25) is 5.91 Å². The molecule has 0 aromatic heterocycles. The number of aliphatic hydroxyl groups is 1. The lowest BCUT2D eigenvalue weighted by Crippen LogP contribution is -2.32. The van der Waals surface area contributed by atoms with Gasteiger partial charge in [-0.3, -0.25) is 10.1 Å². The molecule has 3 N–H and O–H groups in total. The van der Waals surface area contributed by atoms with E-state index in [2.05, 4.69) is 26.6 Å². The van der Waals surface area contributed by atoms with Crippen molar-refractivity contribution in [1.29, 1.82) is 0 Å². The van der Waals surface area contributed by atoms with Crippen molar-refractivity contribution in [1.82, 2.24) is 5.32 Å². The number of benzene rings is 2. The Balaban J connectivity index is 1.90. The summed E-state index contributed by atoms with van der Waals surface area (Å²) in [4.78, 5) is 11.9. The van der Waals surface area contributed by atoms with E-state index in [1.54, 1.807) is 0 Å². The van der Waals surface area contributed by atoms with Gasteiger partial charge in [0.1, 0.15) is 0 Å². The van der Waals surface area contributed by atoms with Crippen LogP contribution in [0.2, 0.25) is 0 Å². The minimum Gasteiger partial charge on any atom is -0.394 e. The zero-order valence-corrected chi connectivity index (χ0v) is 13.0. The van der Waals surface area contributed by atoms with E-state index in [1.165, 1.54) is 0 Å². The van der Waals surface area contributed by atoms with Crippen LogP contribution in [0.5, 0.6) is 0 Å². The fraction of sp³-hybridized carbons (Fsp3) is 0.188. The SMILES string of the molecule is O=C(CN[C@H](CO)c1cccc(Br)c1)Nc1ccccc1. The molecule has 2 rings (SSSR count). The van der Waals surface area contributed by atoms with Crippen LogP contribution in [0.3, 0.4) is 0 Å². The summed E-state index contributed by atoms with van der Waals surface area (Å²) in [5.41, 5.74) is 1.69. The van der Waals surface area contributed by atoms with Crippen molar-refractivity contribution in [3.63, 3.8) is 0 Å². The van der Waals surface area contributed by atoms with E-state index in [0.29, 0.717) is 0 Å². The number of nitrogens with one attached hydrogen (secondary N) is 2. The normalized spacial score (nSPS) is 11.9. The molecule has 21 heavy (non-hydrogen) atoms. The van der Waals surface area contributed by atoms with Crippen LogP contribution in [0.15, 0.2) is 59.1 Å². The first kappa shape index (κ1) is 15.7. The number of halogens is 1.